The van der Waals surface area contributed by atoms with Gasteiger partial charge in [0.1, 0.15) is 17.9 Å². The Hall–Kier alpha value is -2.52. The first-order chi connectivity index (χ1) is 16.4. The Kier molecular flexibility index (Phi) is 6.57. The highest BCUT2D eigenvalue weighted by atomic mass is 19.3. The number of hydrogen-bond donors (Lipinski definition) is 1. The summed E-state index contributed by atoms with van der Waals surface area (Å²) in [5, 5.41) is 2.76. The van der Waals surface area contributed by atoms with E-state index in [9.17, 15) is 18.4 Å². The van der Waals surface area contributed by atoms with Gasteiger partial charge in [-0.1, -0.05) is 6.58 Å². The van der Waals surface area contributed by atoms with E-state index >= 15 is 0 Å². The molecule has 7 nitrogen and oxygen atoms in total. The normalized spacial score (nSPS) is 28.5. The van der Waals surface area contributed by atoms with Crippen molar-refractivity contribution in [2.45, 2.75) is 82.4 Å². The molecule has 3 atom stereocenters. The van der Waals surface area contributed by atoms with Gasteiger partial charge in [0, 0.05) is 36.9 Å². The molecule has 3 heterocycles. The summed E-state index contributed by atoms with van der Waals surface area (Å²) in [7, 11) is 0. The van der Waals surface area contributed by atoms with Crippen LogP contribution in [0, 0.1) is 0 Å². The van der Waals surface area contributed by atoms with E-state index in [-0.39, 0.29) is 30.1 Å². The molecule has 3 fully saturated rings. The molecule has 0 spiro atoms. The molecule has 1 aromatic rings. The predicted octanol–water partition coefficient (Wildman–Crippen LogP) is 3.44. The number of alkyl halides is 2. The molecule has 0 bridgehead atoms. The summed E-state index contributed by atoms with van der Waals surface area (Å²) >= 11 is 0. The number of carbonyl (C=O) groups excluding carboxylic acids is 2. The molecule has 3 unspecified atom stereocenters. The second-order valence-electron chi connectivity index (χ2n) is 9.69. The first-order valence-electron chi connectivity index (χ1n) is 12.2. The second-order valence-corrected chi connectivity index (χ2v) is 9.69. The first-order valence-corrected chi connectivity index (χ1v) is 12.2. The molecule has 2 saturated heterocycles. The Morgan fingerprint density at radius 1 is 1.09 bits per heavy atom. The van der Waals surface area contributed by atoms with Gasteiger partial charge in [-0.05, 0) is 68.7 Å². The number of benzene rings is 1. The zero-order chi connectivity index (χ0) is 23.8. The number of piperidine rings is 2. The van der Waals surface area contributed by atoms with Crippen LogP contribution in [0.25, 0.3) is 0 Å². The van der Waals surface area contributed by atoms with Crippen LogP contribution in [-0.2, 0) is 16.1 Å². The van der Waals surface area contributed by atoms with E-state index in [1.165, 1.54) is 0 Å². The summed E-state index contributed by atoms with van der Waals surface area (Å²) in [5.74, 6) is 0.426. The van der Waals surface area contributed by atoms with Crippen LogP contribution in [0.3, 0.4) is 0 Å². The molecule has 1 aromatic carbocycles. The van der Waals surface area contributed by atoms with E-state index < -0.39 is 12.7 Å². The summed E-state index contributed by atoms with van der Waals surface area (Å²) in [6.45, 7) is 2.94. The largest absolute Gasteiger partial charge is 0.489 e. The number of carbonyl (C=O) groups is 2. The summed E-state index contributed by atoms with van der Waals surface area (Å²) < 4.78 is 36.1. The van der Waals surface area contributed by atoms with Gasteiger partial charge in [-0.2, -0.15) is 8.78 Å². The van der Waals surface area contributed by atoms with Crippen LogP contribution in [0.15, 0.2) is 30.5 Å². The quantitative estimate of drug-likeness (QED) is 0.683. The average Bonchev–Trinajstić information content (AvgIpc) is 3.38. The second kappa shape index (κ2) is 9.62. The fourth-order valence-corrected chi connectivity index (χ4v) is 5.83. The third kappa shape index (κ3) is 4.68. The zero-order valence-corrected chi connectivity index (χ0v) is 19.2. The topological polar surface area (TPSA) is 71.1 Å². The molecule has 0 aromatic heterocycles. The molecule has 1 N–H and O–H groups in total. The van der Waals surface area contributed by atoms with E-state index in [0.717, 1.165) is 43.7 Å². The molecule has 184 valence electrons. The van der Waals surface area contributed by atoms with E-state index in [0.29, 0.717) is 43.5 Å². The third-order valence-electron chi connectivity index (χ3n) is 7.55. The summed E-state index contributed by atoms with van der Waals surface area (Å²) in [4.78, 5) is 29.3. The van der Waals surface area contributed by atoms with Gasteiger partial charge >= 0.3 is 6.61 Å². The lowest BCUT2D eigenvalue weighted by atomic mass is 10.0. The smallest absolute Gasteiger partial charge is 0.345 e. The Bertz CT molecular complexity index is 963. The Labute approximate surface area is 198 Å². The van der Waals surface area contributed by atoms with E-state index in [4.69, 9.17) is 4.74 Å². The Morgan fingerprint density at radius 2 is 1.88 bits per heavy atom. The van der Waals surface area contributed by atoms with Gasteiger partial charge in [-0.25, -0.2) is 0 Å². The van der Waals surface area contributed by atoms with Gasteiger partial charge < -0.3 is 19.7 Å². The van der Waals surface area contributed by atoms with Crippen molar-refractivity contribution in [1.29, 1.82) is 0 Å². The number of fused-ring (bicyclic) bond motifs is 1. The van der Waals surface area contributed by atoms with Crippen molar-refractivity contribution in [1.82, 2.24) is 15.1 Å². The standard InChI is InChI=1S/C25H31F2N3O4/c1-15-5-8-21(23(31)28-15)30-14-16-13-18(6-7-19(16)24(30)32)33-22-4-2-3-20(22)29-11-9-17(10-12-29)34-25(26)27/h6-7,13,17,20-22,25H,1-5,8-12,14H2,(H,28,31). The lowest BCUT2D eigenvalue weighted by Gasteiger charge is -2.38. The summed E-state index contributed by atoms with van der Waals surface area (Å²) in [6.07, 6.45) is 5.11. The molecule has 4 aliphatic rings. The Balaban J connectivity index is 1.22. The van der Waals surface area contributed by atoms with Gasteiger partial charge in [-0.3, -0.25) is 14.5 Å². The lowest BCUT2D eigenvalue weighted by Crippen LogP contribution is -2.49. The number of nitrogens with one attached hydrogen (secondary N) is 1. The molecule has 1 saturated carbocycles. The van der Waals surface area contributed by atoms with Crippen LogP contribution in [-0.4, -0.2) is 65.6 Å². The highest BCUT2D eigenvalue weighted by Crippen LogP contribution is 2.34. The van der Waals surface area contributed by atoms with Crippen molar-refractivity contribution in [3.05, 3.63) is 41.6 Å². The summed E-state index contributed by atoms with van der Waals surface area (Å²) in [6, 6.07) is 5.32. The van der Waals surface area contributed by atoms with Crippen molar-refractivity contribution in [2.75, 3.05) is 13.1 Å². The van der Waals surface area contributed by atoms with Crippen LogP contribution in [0.4, 0.5) is 8.78 Å². The summed E-state index contributed by atoms with van der Waals surface area (Å²) in [5.41, 5.74) is 2.19. The van der Waals surface area contributed by atoms with E-state index in [1.54, 1.807) is 11.0 Å². The number of allylic oxidation sites excluding steroid dienone is 1. The maximum atomic E-state index is 12.9. The first kappa shape index (κ1) is 23.2. The van der Waals surface area contributed by atoms with Crippen molar-refractivity contribution in [3.8, 4) is 5.75 Å². The Morgan fingerprint density at radius 3 is 2.62 bits per heavy atom. The number of likely N-dealkylation sites (tertiary alicyclic amines) is 1. The van der Waals surface area contributed by atoms with Crippen molar-refractivity contribution < 1.29 is 27.8 Å². The van der Waals surface area contributed by atoms with Gasteiger partial charge in [-0.15, -0.1) is 0 Å². The van der Waals surface area contributed by atoms with Gasteiger partial charge in [0.25, 0.3) is 5.91 Å². The third-order valence-corrected chi connectivity index (χ3v) is 7.55. The fraction of sp³-hybridized carbons (Fsp3) is 0.600. The average molecular weight is 476 g/mol. The van der Waals surface area contributed by atoms with Crippen LogP contribution in [0.5, 0.6) is 5.75 Å². The molecule has 1 aliphatic carbocycles. The molecule has 3 aliphatic heterocycles. The number of amides is 2. The van der Waals surface area contributed by atoms with Crippen LogP contribution in [0.2, 0.25) is 0 Å². The van der Waals surface area contributed by atoms with E-state index in [1.807, 2.05) is 12.1 Å². The molecule has 2 amide bonds. The van der Waals surface area contributed by atoms with Crippen molar-refractivity contribution in [3.63, 3.8) is 0 Å². The van der Waals surface area contributed by atoms with Gasteiger partial charge in [0.05, 0.1) is 6.10 Å². The van der Waals surface area contributed by atoms with Crippen LogP contribution < -0.4 is 10.1 Å². The highest BCUT2D eigenvalue weighted by Gasteiger charge is 2.39. The van der Waals surface area contributed by atoms with Gasteiger partial charge in [0.15, 0.2) is 0 Å². The maximum Gasteiger partial charge on any atom is 0.345 e. The molecule has 34 heavy (non-hydrogen) atoms. The minimum atomic E-state index is -2.71. The zero-order valence-electron chi connectivity index (χ0n) is 19.2. The SMILES string of the molecule is C=C1CCC(N2Cc3cc(OC4CCCC4N4CCC(OC(F)F)CC4)ccc3C2=O)C(=O)N1. The number of nitrogens with zero attached hydrogens (tertiary/aromatic N) is 2. The number of hydrogen-bond acceptors (Lipinski definition) is 5. The van der Waals surface area contributed by atoms with Crippen LogP contribution >= 0.6 is 0 Å². The molecular formula is C25H31F2N3O4. The molecular weight excluding hydrogens is 444 g/mol. The molecule has 9 heteroatoms. The van der Waals surface area contributed by atoms with E-state index in [2.05, 4.69) is 21.5 Å². The number of rotatable bonds is 6. The number of ether oxygens (including phenoxy) is 2. The van der Waals surface area contributed by atoms with Crippen molar-refractivity contribution >= 4 is 11.8 Å². The lowest BCUT2D eigenvalue weighted by molar-refractivity contribution is -0.174. The fourth-order valence-electron chi connectivity index (χ4n) is 5.83. The predicted molar refractivity (Wildman–Crippen MR) is 120 cm³/mol. The monoisotopic (exact) mass is 475 g/mol. The number of halogens is 2. The highest BCUT2D eigenvalue weighted by molar-refractivity contribution is 6.01. The van der Waals surface area contributed by atoms with Gasteiger partial charge in [0.2, 0.25) is 5.91 Å². The minimum absolute atomic E-state index is 0.0222. The molecule has 0 radical (unpaired) electrons. The van der Waals surface area contributed by atoms with Crippen LogP contribution in [0.1, 0.15) is 60.9 Å². The maximum absolute atomic E-state index is 12.9. The minimum Gasteiger partial charge on any atom is -0.489 e. The van der Waals surface area contributed by atoms with Crippen molar-refractivity contribution in [2.24, 2.45) is 0 Å². The molecule has 5 rings (SSSR count).